The van der Waals surface area contributed by atoms with Crippen LogP contribution in [0.25, 0.3) is 0 Å². The van der Waals surface area contributed by atoms with Crippen molar-refractivity contribution < 1.29 is 9.90 Å². The molecule has 2 N–H and O–H groups in total. The van der Waals surface area contributed by atoms with E-state index in [1.165, 1.54) is 0 Å². The predicted molar refractivity (Wildman–Crippen MR) is 71.9 cm³/mol. The average Bonchev–Trinajstić information content (AvgIpc) is 2.41. The summed E-state index contributed by atoms with van der Waals surface area (Å²) in [5.74, 6) is 0.203. The smallest absolute Gasteiger partial charge is 0.321 e. The van der Waals surface area contributed by atoms with E-state index >= 15 is 0 Å². The first-order chi connectivity index (χ1) is 8.69. The number of piperidine rings is 1. The molecule has 1 fully saturated rings. The second-order valence-corrected chi connectivity index (χ2v) is 5.01. The van der Waals surface area contributed by atoms with Gasteiger partial charge in [0, 0.05) is 30.4 Å². The Labute approximate surface area is 112 Å². The number of amides is 2. The van der Waals surface area contributed by atoms with Crippen LogP contribution in [-0.4, -0.2) is 35.7 Å². The summed E-state index contributed by atoms with van der Waals surface area (Å²) >= 11 is 5.78. The molecule has 2 amide bonds. The number of aliphatic hydroxyl groups is 1. The third-order valence-corrected chi connectivity index (χ3v) is 3.41. The number of hydrogen-bond acceptors (Lipinski definition) is 2. The standard InChI is InChI=1S/C13H17ClN2O2/c14-11-3-5-12(6-4-11)15-13(18)16-7-1-2-10(8-16)9-17/h3-6,10,17H,1-2,7-9H2,(H,15,18). The number of halogens is 1. The van der Waals surface area contributed by atoms with E-state index in [-0.39, 0.29) is 18.6 Å². The summed E-state index contributed by atoms with van der Waals surface area (Å²) in [5, 5.41) is 12.6. The minimum absolute atomic E-state index is 0.115. The minimum Gasteiger partial charge on any atom is -0.396 e. The maximum absolute atomic E-state index is 12.0. The molecule has 5 heteroatoms. The Morgan fingerprint density at radius 2 is 2.17 bits per heavy atom. The van der Waals surface area contributed by atoms with Crippen LogP contribution < -0.4 is 5.32 Å². The molecule has 1 heterocycles. The van der Waals surface area contributed by atoms with Gasteiger partial charge in [-0.1, -0.05) is 11.6 Å². The fraction of sp³-hybridized carbons (Fsp3) is 0.462. The summed E-state index contributed by atoms with van der Waals surface area (Å²) in [6.45, 7) is 1.51. The van der Waals surface area contributed by atoms with Crippen LogP contribution in [-0.2, 0) is 0 Å². The normalized spacial score (nSPS) is 19.7. The lowest BCUT2D eigenvalue weighted by Crippen LogP contribution is -2.43. The van der Waals surface area contributed by atoms with Crippen molar-refractivity contribution in [1.82, 2.24) is 4.90 Å². The molecule has 4 nitrogen and oxygen atoms in total. The third-order valence-electron chi connectivity index (χ3n) is 3.16. The van der Waals surface area contributed by atoms with Gasteiger partial charge in [0.15, 0.2) is 0 Å². The molecular formula is C13H17ClN2O2. The highest BCUT2D eigenvalue weighted by molar-refractivity contribution is 6.30. The average molecular weight is 269 g/mol. The van der Waals surface area contributed by atoms with Gasteiger partial charge < -0.3 is 15.3 Å². The Morgan fingerprint density at radius 3 is 2.83 bits per heavy atom. The number of hydrogen-bond donors (Lipinski definition) is 2. The zero-order chi connectivity index (χ0) is 13.0. The maximum atomic E-state index is 12.0. The van der Waals surface area contributed by atoms with E-state index in [4.69, 9.17) is 16.7 Å². The summed E-state index contributed by atoms with van der Waals surface area (Å²) < 4.78 is 0. The van der Waals surface area contributed by atoms with Crippen molar-refractivity contribution in [3.8, 4) is 0 Å². The van der Waals surface area contributed by atoms with Gasteiger partial charge in [-0.2, -0.15) is 0 Å². The molecule has 0 aromatic heterocycles. The number of anilines is 1. The van der Waals surface area contributed by atoms with E-state index in [9.17, 15) is 4.79 Å². The van der Waals surface area contributed by atoms with E-state index in [0.717, 1.165) is 25.1 Å². The summed E-state index contributed by atoms with van der Waals surface area (Å²) in [4.78, 5) is 13.8. The van der Waals surface area contributed by atoms with Crippen molar-refractivity contribution >= 4 is 23.3 Å². The first-order valence-electron chi connectivity index (χ1n) is 6.11. The van der Waals surface area contributed by atoms with Crippen LogP contribution in [0.5, 0.6) is 0 Å². The highest BCUT2D eigenvalue weighted by Crippen LogP contribution is 2.18. The molecular weight excluding hydrogens is 252 g/mol. The second-order valence-electron chi connectivity index (χ2n) is 4.57. The van der Waals surface area contributed by atoms with Crippen LogP contribution in [0.4, 0.5) is 10.5 Å². The summed E-state index contributed by atoms with van der Waals surface area (Å²) in [7, 11) is 0. The fourth-order valence-electron chi connectivity index (χ4n) is 2.13. The van der Waals surface area contributed by atoms with Gasteiger partial charge in [-0.25, -0.2) is 4.79 Å². The number of rotatable bonds is 2. The number of likely N-dealkylation sites (tertiary alicyclic amines) is 1. The molecule has 2 rings (SSSR count). The zero-order valence-corrected chi connectivity index (χ0v) is 10.9. The van der Waals surface area contributed by atoms with E-state index in [1.807, 2.05) is 0 Å². The summed E-state index contributed by atoms with van der Waals surface area (Å²) in [6.07, 6.45) is 1.93. The second kappa shape index (κ2) is 6.07. The maximum Gasteiger partial charge on any atom is 0.321 e. The highest BCUT2D eigenvalue weighted by atomic mass is 35.5. The number of nitrogens with one attached hydrogen (secondary N) is 1. The molecule has 1 unspecified atom stereocenters. The zero-order valence-electron chi connectivity index (χ0n) is 10.1. The Bertz CT molecular complexity index is 408. The van der Waals surface area contributed by atoms with Gasteiger partial charge in [0.05, 0.1) is 0 Å². The molecule has 0 radical (unpaired) electrons. The van der Waals surface area contributed by atoms with Crippen LogP contribution in [0, 0.1) is 5.92 Å². The number of carbonyl (C=O) groups excluding carboxylic acids is 1. The number of benzene rings is 1. The van der Waals surface area contributed by atoms with Crippen LogP contribution in [0.1, 0.15) is 12.8 Å². The lowest BCUT2D eigenvalue weighted by molar-refractivity contribution is 0.136. The SMILES string of the molecule is O=C(Nc1ccc(Cl)cc1)N1CCCC(CO)C1. The first-order valence-corrected chi connectivity index (χ1v) is 6.49. The Hall–Kier alpha value is -1.26. The molecule has 1 aromatic carbocycles. The minimum atomic E-state index is -0.115. The van der Waals surface area contributed by atoms with Gasteiger partial charge in [-0.3, -0.25) is 0 Å². The third kappa shape index (κ3) is 3.37. The van der Waals surface area contributed by atoms with Gasteiger partial charge in [0.1, 0.15) is 0 Å². The van der Waals surface area contributed by atoms with E-state index in [2.05, 4.69) is 5.32 Å². The van der Waals surface area contributed by atoms with Gasteiger partial charge in [-0.15, -0.1) is 0 Å². The summed E-state index contributed by atoms with van der Waals surface area (Å²) in [5.41, 5.74) is 0.732. The van der Waals surface area contributed by atoms with Crippen molar-refractivity contribution in [2.45, 2.75) is 12.8 Å². The van der Waals surface area contributed by atoms with Crippen LogP contribution >= 0.6 is 11.6 Å². The molecule has 0 bridgehead atoms. The van der Waals surface area contributed by atoms with Crippen LogP contribution in [0.2, 0.25) is 5.02 Å². The Kier molecular flexibility index (Phi) is 4.44. The molecule has 0 aliphatic carbocycles. The number of urea groups is 1. The summed E-state index contributed by atoms with van der Waals surface area (Å²) in [6, 6.07) is 6.91. The van der Waals surface area contributed by atoms with Gasteiger partial charge in [0.25, 0.3) is 0 Å². The lowest BCUT2D eigenvalue weighted by atomic mass is 9.99. The van der Waals surface area contributed by atoms with Gasteiger partial charge in [-0.05, 0) is 43.0 Å². The van der Waals surface area contributed by atoms with Crippen molar-refractivity contribution in [3.63, 3.8) is 0 Å². The topological polar surface area (TPSA) is 52.6 Å². The molecule has 1 saturated heterocycles. The molecule has 1 aromatic rings. The van der Waals surface area contributed by atoms with E-state index < -0.39 is 0 Å². The number of nitrogens with zero attached hydrogens (tertiary/aromatic N) is 1. The molecule has 0 spiro atoms. The molecule has 1 atom stereocenters. The molecule has 1 aliphatic heterocycles. The number of carbonyl (C=O) groups is 1. The van der Waals surface area contributed by atoms with Gasteiger partial charge in [0.2, 0.25) is 0 Å². The lowest BCUT2D eigenvalue weighted by Gasteiger charge is -2.31. The number of aliphatic hydroxyl groups excluding tert-OH is 1. The van der Waals surface area contributed by atoms with E-state index in [1.54, 1.807) is 29.2 Å². The first kappa shape index (κ1) is 13.2. The fourth-order valence-corrected chi connectivity index (χ4v) is 2.26. The van der Waals surface area contributed by atoms with Crippen molar-refractivity contribution in [2.24, 2.45) is 5.92 Å². The van der Waals surface area contributed by atoms with E-state index in [0.29, 0.717) is 11.6 Å². The van der Waals surface area contributed by atoms with Crippen molar-refractivity contribution in [3.05, 3.63) is 29.3 Å². The monoisotopic (exact) mass is 268 g/mol. The quantitative estimate of drug-likeness (QED) is 0.866. The van der Waals surface area contributed by atoms with Crippen molar-refractivity contribution in [2.75, 3.05) is 25.0 Å². The van der Waals surface area contributed by atoms with Crippen LogP contribution in [0.3, 0.4) is 0 Å². The highest BCUT2D eigenvalue weighted by Gasteiger charge is 2.22. The Balaban J connectivity index is 1.93. The van der Waals surface area contributed by atoms with Crippen molar-refractivity contribution in [1.29, 1.82) is 0 Å². The molecule has 18 heavy (non-hydrogen) atoms. The predicted octanol–water partition coefficient (Wildman–Crippen LogP) is 2.58. The van der Waals surface area contributed by atoms with Gasteiger partial charge >= 0.3 is 6.03 Å². The van der Waals surface area contributed by atoms with Crippen LogP contribution in [0.15, 0.2) is 24.3 Å². The molecule has 1 aliphatic rings. The molecule has 98 valence electrons. The largest absolute Gasteiger partial charge is 0.396 e. The molecule has 0 saturated carbocycles. The Morgan fingerprint density at radius 1 is 1.44 bits per heavy atom.